The summed E-state index contributed by atoms with van der Waals surface area (Å²) in [4.78, 5) is 12.3. The quantitative estimate of drug-likeness (QED) is 0.540. The second kappa shape index (κ2) is 6.36. The molecule has 1 aromatic carbocycles. The molecule has 1 aromatic rings. The maximum Gasteiger partial charge on any atom is 0.328 e. The molecule has 2 amide bonds. The van der Waals surface area contributed by atoms with Crippen molar-refractivity contribution in [3.05, 3.63) is 24.3 Å². The van der Waals surface area contributed by atoms with E-state index >= 15 is 0 Å². The number of anilines is 1. The molecule has 1 aliphatic carbocycles. The number of nitrogen functional groups attached to an aromatic ring is 1. The predicted molar refractivity (Wildman–Crippen MR) is 80.1 cm³/mol. The Labute approximate surface area is 122 Å². The van der Waals surface area contributed by atoms with Crippen LogP contribution in [0.4, 0.5) is 10.5 Å². The van der Waals surface area contributed by atoms with E-state index in [0.29, 0.717) is 11.4 Å². The lowest BCUT2D eigenvalue weighted by molar-refractivity contribution is 0.245. The van der Waals surface area contributed by atoms with Crippen LogP contribution in [-0.4, -0.2) is 32.0 Å². The smallest absolute Gasteiger partial charge is 0.328 e. The van der Waals surface area contributed by atoms with Gasteiger partial charge in [-0.2, -0.15) is 0 Å². The summed E-state index contributed by atoms with van der Waals surface area (Å²) in [7, 11) is -3.58. The highest BCUT2D eigenvalue weighted by molar-refractivity contribution is 8.00. The van der Waals surface area contributed by atoms with Gasteiger partial charge in [0.25, 0.3) is 0 Å². The average molecular weight is 315 g/mol. The van der Waals surface area contributed by atoms with Crippen molar-refractivity contribution in [3.63, 3.8) is 0 Å². The fraction of sp³-hybridized carbons (Fsp3) is 0.417. The van der Waals surface area contributed by atoms with Gasteiger partial charge >= 0.3 is 6.03 Å². The Morgan fingerprint density at radius 1 is 1.30 bits per heavy atom. The van der Waals surface area contributed by atoms with E-state index in [1.165, 1.54) is 11.8 Å². The molecule has 1 fully saturated rings. The lowest BCUT2D eigenvalue weighted by atomic mass is 10.3. The van der Waals surface area contributed by atoms with Crippen LogP contribution in [-0.2, 0) is 10.0 Å². The van der Waals surface area contributed by atoms with E-state index in [1.54, 1.807) is 12.1 Å². The van der Waals surface area contributed by atoms with Crippen molar-refractivity contribution in [2.24, 2.45) is 0 Å². The van der Waals surface area contributed by atoms with Crippen LogP contribution >= 0.6 is 11.8 Å². The van der Waals surface area contributed by atoms with Crippen molar-refractivity contribution >= 4 is 33.5 Å². The topological polar surface area (TPSA) is 101 Å². The van der Waals surface area contributed by atoms with E-state index in [2.05, 4.69) is 5.32 Å². The van der Waals surface area contributed by atoms with Crippen LogP contribution in [0.1, 0.15) is 12.8 Å². The van der Waals surface area contributed by atoms with Crippen molar-refractivity contribution in [3.8, 4) is 0 Å². The Morgan fingerprint density at radius 2 is 1.95 bits per heavy atom. The number of hydrogen-bond donors (Lipinski definition) is 3. The van der Waals surface area contributed by atoms with Crippen LogP contribution in [0.3, 0.4) is 0 Å². The number of carbonyl (C=O) groups is 1. The normalized spacial score (nSPS) is 14.8. The molecule has 0 atom stereocenters. The average Bonchev–Trinajstić information content (AvgIpc) is 3.14. The molecule has 6 nitrogen and oxygen atoms in total. The number of rotatable bonds is 6. The molecular formula is C12H17N3O3S2. The summed E-state index contributed by atoms with van der Waals surface area (Å²) in [5, 5.41) is 2.57. The minimum Gasteiger partial charge on any atom is -0.399 e. The zero-order chi connectivity index (χ0) is 14.6. The first kappa shape index (κ1) is 15.0. The molecule has 4 N–H and O–H groups in total. The molecule has 0 heterocycles. The summed E-state index contributed by atoms with van der Waals surface area (Å²) in [6.45, 7) is 0. The second-order valence-electron chi connectivity index (χ2n) is 4.59. The van der Waals surface area contributed by atoms with E-state index in [9.17, 15) is 13.2 Å². The van der Waals surface area contributed by atoms with Gasteiger partial charge in [0.1, 0.15) is 0 Å². The Balaban J connectivity index is 1.73. The molecule has 0 radical (unpaired) electrons. The van der Waals surface area contributed by atoms with Gasteiger partial charge in [-0.25, -0.2) is 17.9 Å². The van der Waals surface area contributed by atoms with Crippen LogP contribution in [0.15, 0.2) is 29.2 Å². The molecule has 1 saturated carbocycles. The zero-order valence-corrected chi connectivity index (χ0v) is 12.5. The van der Waals surface area contributed by atoms with Crippen LogP contribution in [0.5, 0.6) is 0 Å². The van der Waals surface area contributed by atoms with E-state index in [4.69, 9.17) is 5.73 Å². The minimum atomic E-state index is -3.58. The summed E-state index contributed by atoms with van der Waals surface area (Å²) in [6.07, 6.45) is 1.83. The summed E-state index contributed by atoms with van der Waals surface area (Å²) in [6, 6.07) is 6.69. The molecule has 110 valence electrons. The number of hydrogen-bond acceptors (Lipinski definition) is 5. The van der Waals surface area contributed by atoms with Gasteiger partial charge in [-0.15, -0.1) is 11.8 Å². The highest BCUT2D eigenvalue weighted by Gasteiger charge is 2.25. The summed E-state index contributed by atoms with van der Waals surface area (Å²) in [5.74, 6) is 0.260. The maximum absolute atomic E-state index is 11.7. The first-order valence-electron chi connectivity index (χ1n) is 6.24. The fourth-order valence-corrected chi connectivity index (χ4v) is 3.69. The maximum atomic E-state index is 11.7. The summed E-state index contributed by atoms with van der Waals surface area (Å²) >= 11 is 1.40. The van der Waals surface area contributed by atoms with Crippen molar-refractivity contribution in [2.75, 3.05) is 17.2 Å². The molecule has 0 saturated heterocycles. The standard InChI is InChI=1S/C12H17N3O3S2/c13-9-1-5-11(6-2-9)19-7-8-20(17,18)15-12(16)14-10-3-4-10/h1-2,5-6,10H,3-4,7-8,13H2,(H2,14,15,16). The summed E-state index contributed by atoms with van der Waals surface area (Å²) < 4.78 is 25.4. The number of nitrogens with one attached hydrogen (secondary N) is 2. The molecule has 20 heavy (non-hydrogen) atoms. The van der Waals surface area contributed by atoms with Crippen molar-refractivity contribution in [2.45, 2.75) is 23.8 Å². The number of thioether (sulfide) groups is 1. The van der Waals surface area contributed by atoms with Crippen molar-refractivity contribution < 1.29 is 13.2 Å². The molecule has 0 aliphatic heterocycles. The van der Waals surface area contributed by atoms with Gasteiger partial charge in [-0.05, 0) is 37.1 Å². The van der Waals surface area contributed by atoms with E-state index in [1.807, 2.05) is 16.9 Å². The number of carbonyl (C=O) groups excluding carboxylic acids is 1. The fourth-order valence-electron chi connectivity index (χ4n) is 1.47. The van der Waals surface area contributed by atoms with Crippen molar-refractivity contribution in [1.82, 2.24) is 10.0 Å². The SMILES string of the molecule is Nc1ccc(SCCS(=O)(=O)NC(=O)NC2CC2)cc1. The van der Waals surface area contributed by atoms with Gasteiger partial charge in [0, 0.05) is 22.4 Å². The molecule has 0 bridgehead atoms. The van der Waals surface area contributed by atoms with E-state index in [-0.39, 0.29) is 11.8 Å². The molecule has 8 heteroatoms. The minimum absolute atomic E-state index is 0.111. The Morgan fingerprint density at radius 3 is 2.55 bits per heavy atom. The second-order valence-corrected chi connectivity index (χ2v) is 7.60. The largest absolute Gasteiger partial charge is 0.399 e. The third-order valence-corrected chi connectivity index (χ3v) is 5.17. The molecule has 0 unspecified atom stereocenters. The number of sulfonamides is 1. The van der Waals surface area contributed by atoms with E-state index < -0.39 is 16.1 Å². The van der Waals surface area contributed by atoms with Gasteiger partial charge in [-0.3, -0.25) is 0 Å². The van der Waals surface area contributed by atoms with Gasteiger partial charge < -0.3 is 11.1 Å². The Bertz CT molecular complexity index is 568. The van der Waals surface area contributed by atoms with Gasteiger partial charge in [0.15, 0.2) is 0 Å². The predicted octanol–water partition coefficient (Wildman–Crippen LogP) is 1.15. The van der Waals surface area contributed by atoms with Crippen LogP contribution < -0.4 is 15.8 Å². The number of nitrogens with two attached hydrogens (primary N) is 1. The number of benzene rings is 1. The first-order valence-corrected chi connectivity index (χ1v) is 8.88. The number of amides is 2. The highest BCUT2D eigenvalue weighted by atomic mass is 32.2. The van der Waals surface area contributed by atoms with Gasteiger partial charge in [0.2, 0.25) is 10.0 Å². The summed E-state index contributed by atoms with van der Waals surface area (Å²) in [5.41, 5.74) is 6.23. The van der Waals surface area contributed by atoms with Crippen LogP contribution in [0.2, 0.25) is 0 Å². The molecule has 0 spiro atoms. The Kier molecular flexibility index (Phi) is 4.77. The first-order chi connectivity index (χ1) is 9.44. The van der Waals surface area contributed by atoms with Crippen LogP contribution in [0.25, 0.3) is 0 Å². The lowest BCUT2D eigenvalue weighted by Crippen LogP contribution is -2.41. The molecule has 2 rings (SSSR count). The van der Waals surface area contributed by atoms with Gasteiger partial charge in [0.05, 0.1) is 5.75 Å². The van der Waals surface area contributed by atoms with E-state index in [0.717, 1.165) is 17.7 Å². The zero-order valence-electron chi connectivity index (χ0n) is 10.8. The molecule has 1 aliphatic rings. The molecule has 0 aromatic heterocycles. The number of urea groups is 1. The highest BCUT2D eigenvalue weighted by Crippen LogP contribution is 2.19. The monoisotopic (exact) mass is 315 g/mol. The van der Waals surface area contributed by atoms with Gasteiger partial charge in [-0.1, -0.05) is 0 Å². The third-order valence-electron chi connectivity index (χ3n) is 2.66. The third kappa shape index (κ3) is 5.30. The Hall–Kier alpha value is -1.41. The lowest BCUT2D eigenvalue weighted by Gasteiger charge is -2.07. The van der Waals surface area contributed by atoms with Crippen molar-refractivity contribution in [1.29, 1.82) is 0 Å². The van der Waals surface area contributed by atoms with Crippen LogP contribution in [0, 0.1) is 0 Å². The molecular weight excluding hydrogens is 298 g/mol.